The SMILES string of the molecule is C/C=C/C=C/C(O)=C1/C(=O)[C@]2(C)C(=O)[C@@](C)(O)[C@H]1[C@@H](C)[C@@H]2/C=C/C(O)=C1/C(=O)[C@@]2(C)[C@H]3\C(=C(O)/C=C/C=C/C)C(=O)[C@H]4[C@@H]1[C@]1(C)O[C@@]4(O)[C@@]3(C)O[C@@]12O. The van der Waals surface area contributed by atoms with Gasteiger partial charge >= 0.3 is 0 Å². The Balaban J connectivity index is 1.39. The van der Waals surface area contributed by atoms with E-state index in [9.17, 15) is 49.8 Å². The minimum absolute atomic E-state index is 0.0842. The number of Topliss-reactive ketones (excluding diaryl/α,β-unsaturated/α-hetero) is 4. The first-order valence-electron chi connectivity index (χ1n) is 17.9. The van der Waals surface area contributed by atoms with Gasteiger partial charge in [-0.05, 0) is 72.6 Å². The summed E-state index contributed by atoms with van der Waals surface area (Å²) in [6, 6.07) is 0. The van der Waals surface area contributed by atoms with Crippen molar-refractivity contribution in [3.05, 3.63) is 94.8 Å². The Labute approximate surface area is 306 Å². The van der Waals surface area contributed by atoms with E-state index >= 15 is 0 Å². The summed E-state index contributed by atoms with van der Waals surface area (Å²) in [6.45, 7) is 12.1. The summed E-state index contributed by atoms with van der Waals surface area (Å²) in [7, 11) is 0. The van der Waals surface area contributed by atoms with E-state index in [1.54, 1.807) is 45.1 Å². The summed E-state index contributed by atoms with van der Waals surface area (Å²) in [5.41, 5.74) is -10.4. The molecule has 5 saturated carbocycles. The van der Waals surface area contributed by atoms with Crippen LogP contribution in [-0.4, -0.2) is 82.1 Å². The Bertz CT molecular complexity index is 2040. The third kappa shape index (κ3) is 3.83. The zero-order chi connectivity index (χ0) is 39.2. The van der Waals surface area contributed by atoms with Gasteiger partial charge in [0.05, 0.1) is 16.7 Å². The molecule has 0 spiro atoms. The van der Waals surface area contributed by atoms with Gasteiger partial charge in [-0.3, -0.25) is 19.2 Å². The average Bonchev–Trinajstić information content (AvgIpc) is 3.44. The van der Waals surface area contributed by atoms with Crippen LogP contribution in [0.25, 0.3) is 0 Å². The van der Waals surface area contributed by atoms with Gasteiger partial charge in [0.25, 0.3) is 0 Å². The number of ether oxygens (including phenoxy) is 2. The fourth-order valence-electron chi connectivity index (χ4n) is 11.6. The largest absolute Gasteiger partial charge is 0.508 e. The smallest absolute Gasteiger partial charge is 0.210 e. The van der Waals surface area contributed by atoms with Gasteiger partial charge in [0, 0.05) is 40.4 Å². The predicted octanol–water partition coefficient (Wildman–Crippen LogP) is 4.02. The lowest BCUT2D eigenvalue weighted by atomic mass is 9.43. The minimum Gasteiger partial charge on any atom is -0.508 e. The van der Waals surface area contributed by atoms with E-state index in [1.165, 1.54) is 71.1 Å². The minimum atomic E-state index is -2.42. The highest BCUT2D eigenvalue weighted by Gasteiger charge is 2.96. The number of carbonyl (C=O) groups is 4. The molecule has 5 aliphatic carbocycles. The maximum absolute atomic E-state index is 14.9. The molecule has 2 saturated heterocycles. The van der Waals surface area contributed by atoms with Crippen LogP contribution in [0, 0.1) is 46.3 Å². The third-order valence-corrected chi connectivity index (χ3v) is 13.9. The standard InChI is InChI=1S/C41H46O12/c1-9-11-13-15-21(42)24-27-19(3)20(35(4,32(24)46)34(48)37(27,6)49)17-18-23(44)25-28-29-30(45)26(22(43)16-14-12-10-2)31-36(5,33(25)47)41(51)38(28,7)52-40(29,50)39(31,8)53-41/h9-20,27-29,31,42-44,49-51H,1-8H3/b11-9+,12-10+,15-13+,16-14+,18-17+,24-21-,25-23-,26-22+/t19-,20-,27-,28+,29+,31+,35+,36+,37-,38-,39-,40+,41+/m0/s1. The van der Waals surface area contributed by atoms with E-state index in [1.807, 2.05) is 0 Å². The second-order valence-electron chi connectivity index (χ2n) is 16.4. The van der Waals surface area contributed by atoms with Crippen molar-refractivity contribution in [3.63, 3.8) is 0 Å². The summed E-state index contributed by atoms with van der Waals surface area (Å²) in [4.78, 5) is 57.3. The topological polar surface area (TPSA) is 208 Å². The Morgan fingerprint density at radius 2 is 1.19 bits per heavy atom. The third-order valence-electron chi connectivity index (χ3n) is 13.9. The zero-order valence-electron chi connectivity index (χ0n) is 30.9. The summed E-state index contributed by atoms with van der Waals surface area (Å²) in [6.07, 6.45) is 14.9. The molecule has 282 valence electrons. The van der Waals surface area contributed by atoms with Gasteiger partial charge in [-0.1, -0.05) is 49.5 Å². The molecular weight excluding hydrogens is 684 g/mol. The number of rotatable bonds is 6. The number of ketones is 4. The summed E-state index contributed by atoms with van der Waals surface area (Å²) in [5.74, 6) is -16.5. The van der Waals surface area contributed by atoms with Crippen LogP contribution in [0.3, 0.4) is 0 Å². The Hall–Kier alpha value is -4.20. The molecule has 0 amide bonds. The van der Waals surface area contributed by atoms with Crippen LogP contribution in [0.15, 0.2) is 94.8 Å². The van der Waals surface area contributed by atoms with E-state index < -0.39 is 109 Å². The van der Waals surface area contributed by atoms with Crippen molar-refractivity contribution < 1.29 is 59.3 Å². The van der Waals surface area contributed by atoms with E-state index in [-0.39, 0.29) is 22.5 Å². The lowest BCUT2D eigenvalue weighted by Crippen LogP contribution is -2.72. The first kappa shape index (κ1) is 37.1. The Kier molecular flexibility index (Phi) is 7.67. The molecule has 0 aromatic rings. The molecule has 12 heteroatoms. The number of hydrogen-bond acceptors (Lipinski definition) is 12. The maximum atomic E-state index is 14.9. The predicted molar refractivity (Wildman–Crippen MR) is 188 cm³/mol. The van der Waals surface area contributed by atoms with Crippen molar-refractivity contribution in [1.82, 2.24) is 0 Å². The molecule has 0 aromatic carbocycles. The van der Waals surface area contributed by atoms with Crippen molar-refractivity contribution in [2.45, 2.75) is 83.8 Å². The number of aliphatic hydroxyl groups is 6. The van der Waals surface area contributed by atoms with Gasteiger partial charge in [0.2, 0.25) is 11.6 Å². The second-order valence-corrected chi connectivity index (χ2v) is 16.4. The lowest BCUT2D eigenvalue weighted by molar-refractivity contribution is -0.445. The van der Waals surface area contributed by atoms with Crippen LogP contribution < -0.4 is 0 Å². The number of fused-ring (bicyclic) bond motifs is 11. The van der Waals surface area contributed by atoms with Gasteiger partial charge in [-0.15, -0.1) is 0 Å². The van der Waals surface area contributed by atoms with Gasteiger partial charge in [-0.25, -0.2) is 0 Å². The second kappa shape index (κ2) is 10.9. The average molecular weight is 731 g/mol. The first-order valence-corrected chi connectivity index (χ1v) is 17.9. The normalized spacial score (nSPS) is 51.2. The van der Waals surface area contributed by atoms with Crippen LogP contribution in [-0.2, 0) is 28.7 Å². The fourth-order valence-corrected chi connectivity index (χ4v) is 11.6. The van der Waals surface area contributed by atoms with Crippen LogP contribution in [0.1, 0.15) is 55.4 Å². The van der Waals surface area contributed by atoms with Crippen molar-refractivity contribution in [1.29, 1.82) is 0 Å². The lowest BCUT2D eigenvalue weighted by Gasteiger charge is -2.57. The summed E-state index contributed by atoms with van der Waals surface area (Å²) in [5, 5.41) is 70.4. The van der Waals surface area contributed by atoms with Crippen LogP contribution >= 0.6 is 0 Å². The van der Waals surface area contributed by atoms with E-state index in [4.69, 9.17) is 9.47 Å². The number of hydrogen-bond donors (Lipinski definition) is 6. The molecule has 12 nitrogen and oxygen atoms in total. The molecule has 0 aromatic heterocycles. The molecule has 2 bridgehead atoms. The van der Waals surface area contributed by atoms with Gasteiger partial charge in [-0.2, -0.15) is 0 Å². The van der Waals surface area contributed by atoms with Crippen LogP contribution in [0.4, 0.5) is 0 Å². The summed E-state index contributed by atoms with van der Waals surface area (Å²) >= 11 is 0. The first-order chi connectivity index (χ1) is 24.6. The van der Waals surface area contributed by atoms with Crippen LogP contribution in [0.5, 0.6) is 0 Å². The molecule has 6 N–H and O–H groups in total. The van der Waals surface area contributed by atoms with Crippen molar-refractivity contribution in [2.24, 2.45) is 46.3 Å². The number of carbonyl (C=O) groups excluding carboxylic acids is 4. The fraction of sp³-hybridized carbons (Fsp3) is 0.512. The molecule has 53 heavy (non-hydrogen) atoms. The van der Waals surface area contributed by atoms with Crippen molar-refractivity contribution in [2.75, 3.05) is 0 Å². The Morgan fingerprint density at radius 3 is 1.75 bits per heavy atom. The highest BCUT2D eigenvalue weighted by atomic mass is 16.8. The zero-order valence-corrected chi connectivity index (χ0v) is 30.9. The maximum Gasteiger partial charge on any atom is 0.210 e. The quantitative estimate of drug-likeness (QED) is 0.0753. The number of allylic oxidation sites excluding steroid dienone is 10. The van der Waals surface area contributed by atoms with Gasteiger partial charge in [0.15, 0.2) is 23.1 Å². The highest BCUT2D eigenvalue weighted by molar-refractivity contribution is 6.21. The van der Waals surface area contributed by atoms with Crippen LogP contribution in [0.2, 0.25) is 0 Å². The highest BCUT2D eigenvalue weighted by Crippen LogP contribution is 2.81. The molecular formula is C41H46O12. The number of aliphatic hydroxyl groups excluding tert-OH is 3. The van der Waals surface area contributed by atoms with Crippen molar-refractivity contribution >= 4 is 23.1 Å². The molecule has 2 aliphatic heterocycles. The van der Waals surface area contributed by atoms with Crippen molar-refractivity contribution in [3.8, 4) is 0 Å². The molecule has 0 unspecified atom stereocenters. The molecule has 7 fully saturated rings. The molecule has 7 rings (SSSR count). The van der Waals surface area contributed by atoms with E-state index in [2.05, 4.69) is 0 Å². The van der Waals surface area contributed by atoms with Gasteiger partial charge < -0.3 is 40.1 Å². The molecule has 7 aliphatic rings. The summed E-state index contributed by atoms with van der Waals surface area (Å²) < 4.78 is 12.5. The molecule has 0 radical (unpaired) electrons. The van der Waals surface area contributed by atoms with E-state index in [0.717, 1.165) is 0 Å². The van der Waals surface area contributed by atoms with E-state index in [0.29, 0.717) is 0 Å². The Morgan fingerprint density at radius 1 is 0.660 bits per heavy atom. The molecule has 2 heterocycles. The monoisotopic (exact) mass is 730 g/mol. The van der Waals surface area contributed by atoms with Gasteiger partial charge in [0.1, 0.15) is 34.1 Å². The molecule has 13 atom stereocenters.